The molecule has 0 bridgehead atoms. The SMILES string of the molecule is CCOc1ccc(/N=C/c2ccc(Cl)cc2)c(C2COC(=O)C2=N)c1. The van der Waals surface area contributed by atoms with Crippen molar-refractivity contribution < 1.29 is 14.3 Å². The van der Waals surface area contributed by atoms with Gasteiger partial charge in [-0.15, -0.1) is 0 Å². The Morgan fingerprint density at radius 2 is 2.08 bits per heavy atom. The summed E-state index contributed by atoms with van der Waals surface area (Å²) in [4.78, 5) is 16.1. The van der Waals surface area contributed by atoms with Crippen LogP contribution in [-0.2, 0) is 9.53 Å². The Bertz CT molecular complexity index is 831. The van der Waals surface area contributed by atoms with E-state index in [9.17, 15) is 4.79 Å². The standard InChI is InChI=1S/C19H17ClN2O3/c1-2-24-14-7-8-17(22-10-12-3-5-13(20)6-4-12)15(9-14)16-11-25-19(23)18(16)21/h3-10,16,21H,2,11H2,1H3/b21-18?,22-10+. The van der Waals surface area contributed by atoms with Gasteiger partial charge in [0, 0.05) is 11.2 Å². The van der Waals surface area contributed by atoms with Crippen LogP contribution in [0.3, 0.4) is 0 Å². The molecular formula is C19H17ClN2O3. The molecule has 1 saturated heterocycles. The van der Waals surface area contributed by atoms with E-state index in [4.69, 9.17) is 26.5 Å². The number of nitrogens with zero attached hydrogens (tertiary/aromatic N) is 1. The van der Waals surface area contributed by atoms with Crippen LogP contribution >= 0.6 is 11.6 Å². The molecule has 128 valence electrons. The summed E-state index contributed by atoms with van der Waals surface area (Å²) in [5, 5.41) is 8.62. The predicted molar refractivity (Wildman–Crippen MR) is 97.7 cm³/mol. The van der Waals surface area contributed by atoms with E-state index in [1.165, 1.54) is 0 Å². The summed E-state index contributed by atoms with van der Waals surface area (Å²) < 4.78 is 10.5. The maximum absolute atomic E-state index is 11.6. The molecule has 5 nitrogen and oxygen atoms in total. The average molecular weight is 357 g/mol. The number of ether oxygens (including phenoxy) is 2. The number of hydrogen-bond acceptors (Lipinski definition) is 5. The van der Waals surface area contributed by atoms with Crippen molar-refractivity contribution >= 4 is 35.2 Å². The number of aliphatic imine (C=N–C) groups is 1. The smallest absolute Gasteiger partial charge is 0.352 e. The molecule has 1 atom stereocenters. The van der Waals surface area contributed by atoms with Gasteiger partial charge in [-0.25, -0.2) is 4.79 Å². The largest absolute Gasteiger partial charge is 0.494 e. The molecule has 0 aromatic heterocycles. The number of halogens is 1. The lowest BCUT2D eigenvalue weighted by atomic mass is 9.94. The molecule has 25 heavy (non-hydrogen) atoms. The molecule has 1 heterocycles. The Balaban J connectivity index is 1.96. The van der Waals surface area contributed by atoms with Gasteiger partial charge in [-0.1, -0.05) is 23.7 Å². The van der Waals surface area contributed by atoms with E-state index in [1.54, 1.807) is 18.3 Å². The van der Waals surface area contributed by atoms with Crippen molar-refractivity contribution in [3.05, 3.63) is 58.6 Å². The van der Waals surface area contributed by atoms with Gasteiger partial charge in [-0.3, -0.25) is 10.4 Å². The number of carbonyl (C=O) groups excluding carboxylic acids is 1. The fourth-order valence-electron chi connectivity index (χ4n) is 2.59. The van der Waals surface area contributed by atoms with Crippen LogP contribution in [0.25, 0.3) is 0 Å². The normalized spacial score (nSPS) is 17.1. The third-order valence-electron chi connectivity index (χ3n) is 3.86. The van der Waals surface area contributed by atoms with E-state index in [1.807, 2.05) is 37.3 Å². The van der Waals surface area contributed by atoms with Crippen LogP contribution in [-0.4, -0.2) is 31.1 Å². The zero-order valence-corrected chi connectivity index (χ0v) is 14.4. The highest BCUT2D eigenvalue weighted by atomic mass is 35.5. The monoisotopic (exact) mass is 356 g/mol. The van der Waals surface area contributed by atoms with Gasteiger partial charge < -0.3 is 9.47 Å². The molecule has 0 saturated carbocycles. The number of hydrogen-bond donors (Lipinski definition) is 1. The maximum Gasteiger partial charge on any atom is 0.352 e. The van der Waals surface area contributed by atoms with Gasteiger partial charge in [-0.05, 0) is 48.4 Å². The van der Waals surface area contributed by atoms with Crippen LogP contribution in [0.2, 0.25) is 5.02 Å². The molecule has 1 unspecified atom stereocenters. The lowest BCUT2D eigenvalue weighted by molar-refractivity contribution is -0.132. The third kappa shape index (κ3) is 3.88. The first-order valence-corrected chi connectivity index (χ1v) is 8.28. The summed E-state index contributed by atoms with van der Waals surface area (Å²) in [5.41, 5.74) is 2.26. The minimum atomic E-state index is -0.584. The Hall–Kier alpha value is -2.66. The molecule has 1 aliphatic heterocycles. The Kier molecular flexibility index (Phi) is 5.14. The van der Waals surface area contributed by atoms with Crippen molar-refractivity contribution in [2.75, 3.05) is 13.2 Å². The highest BCUT2D eigenvalue weighted by molar-refractivity contribution is 6.39. The van der Waals surface area contributed by atoms with Crippen molar-refractivity contribution in [2.24, 2.45) is 4.99 Å². The maximum atomic E-state index is 11.6. The second-order valence-corrected chi connectivity index (χ2v) is 5.96. The first-order chi connectivity index (χ1) is 12.1. The van der Waals surface area contributed by atoms with Crippen LogP contribution in [0.5, 0.6) is 5.75 Å². The molecule has 0 aliphatic carbocycles. The number of nitrogens with one attached hydrogen (secondary N) is 1. The second-order valence-electron chi connectivity index (χ2n) is 5.53. The summed E-state index contributed by atoms with van der Waals surface area (Å²) in [7, 11) is 0. The zero-order valence-electron chi connectivity index (χ0n) is 13.7. The van der Waals surface area contributed by atoms with Crippen LogP contribution in [0.15, 0.2) is 47.5 Å². The summed E-state index contributed by atoms with van der Waals surface area (Å²) in [5.74, 6) is -0.347. The molecule has 0 spiro atoms. The van der Waals surface area contributed by atoms with Crippen LogP contribution in [0, 0.1) is 5.41 Å². The minimum Gasteiger partial charge on any atom is -0.494 e. The fraction of sp³-hybridized carbons (Fsp3) is 0.211. The molecule has 3 rings (SSSR count). The number of carbonyl (C=O) groups is 1. The molecule has 0 amide bonds. The van der Waals surface area contributed by atoms with Crippen LogP contribution < -0.4 is 4.74 Å². The lowest BCUT2D eigenvalue weighted by Crippen LogP contribution is -2.12. The van der Waals surface area contributed by atoms with E-state index >= 15 is 0 Å². The second kappa shape index (κ2) is 7.49. The van der Waals surface area contributed by atoms with Crippen LogP contribution in [0.1, 0.15) is 24.0 Å². The predicted octanol–water partition coefficient (Wildman–Crippen LogP) is 4.15. The van der Waals surface area contributed by atoms with Gasteiger partial charge in [0.1, 0.15) is 18.1 Å². The van der Waals surface area contributed by atoms with Gasteiger partial charge in [0.2, 0.25) is 0 Å². The first kappa shape index (κ1) is 17.2. The van der Waals surface area contributed by atoms with Crippen LogP contribution in [0.4, 0.5) is 5.69 Å². The van der Waals surface area contributed by atoms with Gasteiger partial charge >= 0.3 is 5.97 Å². The molecule has 1 fully saturated rings. The number of esters is 1. The van der Waals surface area contributed by atoms with E-state index in [-0.39, 0.29) is 12.3 Å². The van der Waals surface area contributed by atoms with Crippen molar-refractivity contribution in [2.45, 2.75) is 12.8 Å². The highest BCUT2D eigenvalue weighted by Crippen LogP contribution is 2.34. The summed E-state index contributed by atoms with van der Waals surface area (Å²) in [6.07, 6.45) is 1.72. The highest BCUT2D eigenvalue weighted by Gasteiger charge is 2.34. The zero-order chi connectivity index (χ0) is 17.8. The molecular weight excluding hydrogens is 340 g/mol. The average Bonchev–Trinajstić information content (AvgIpc) is 2.94. The Morgan fingerprint density at radius 1 is 1.32 bits per heavy atom. The van der Waals surface area contributed by atoms with Crippen molar-refractivity contribution in [1.29, 1.82) is 5.41 Å². The van der Waals surface area contributed by atoms with Gasteiger partial charge in [0.15, 0.2) is 0 Å². The van der Waals surface area contributed by atoms with Gasteiger partial charge in [0.05, 0.1) is 18.2 Å². The summed E-state index contributed by atoms with van der Waals surface area (Å²) in [6, 6.07) is 12.8. The quantitative estimate of drug-likeness (QED) is 0.646. The Labute approximate surface area is 150 Å². The topological polar surface area (TPSA) is 71.7 Å². The first-order valence-electron chi connectivity index (χ1n) is 7.90. The molecule has 1 N–H and O–H groups in total. The van der Waals surface area contributed by atoms with Crippen molar-refractivity contribution in [1.82, 2.24) is 0 Å². The number of benzene rings is 2. The molecule has 6 heteroatoms. The molecule has 2 aromatic carbocycles. The summed E-state index contributed by atoms with van der Waals surface area (Å²) >= 11 is 5.89. The number of cyclic esters (lactones) is 1. The van der Waals surface area contributed by atoms with E-state index < -0.39 is 11.9 Å². The number of rotatable bonds is 5. The Morgan fingerprint density at radius 3 is 2.72 bits per heavy atom. The third-order valence-corrected chi connectivity index (χ3v) is 4.11. The molecule has 1 aliphatic rings. The summed E-state index contributed by atoms with van der Waals surface area (Å²) in [6.45, 7) is 2.58. The van der Waals surface area contributed by atoms with Crippen molar-refractivity contribution in [3.8, 4) is 5.75 Å². The van der Waals surface area contributed by atoms with E-state index in [0.29, 0.717) is 23.1 Å². The van der Waals surface area contributed by atoms with E-state index in [2.05, 4.69) is 4.99 Å². The minimum absolute atomic E-state index is 0.0587. The lowest BCUT2D eigenvalue weighted by Gasteiger charge is -2.13. The molecule has 0 radical (unpaired) electrons. The van der Waals surface area contributed by atoms with Crippen molar-refractivity contribution in [3.63, 3.8) is 0 Å². The fourth-order valence-corrected chi connectivity index (χ4v) is 2.71. The van der Waals surface area contributed by atoms with Gasteiger partial charge in [0.25, 0.3) is 0 Å². The molecule has 2 aromatic rings. The van der Waals surface area contributed by atoms with E-state index in [0.717, 1.165) is 11.1 Å². The van der Waals surface area contributed by atoms with Gasteiger partial charge in [-0.2, -0.15) is 0 Å².